The first-order valence-electron chi connectivity index (χ1n) is 5.04. The summed E-state index contributed by atoms with van der Waals surface area (Å²) in [6.45, 7) is 5.90. The topological polar surface area (TPSA) is 53.7 Å². The van der Waals surface area contributed by atoms with Gasteiger partial charge in [-0.1, -0.05) is 0 Å². The Hall–Kier alpha value is -1.29. The molecule has 0 aliphatic carbocycles. The number of amides is 1. The van der Waals surface area contributed by atoms with Gasteiger partial charge >= 0.3 is 0 Å². The van der Waals surface area contributed by atoms with Crippen LogP contribution in [0.5, 0.6) is 0 Å². The molecule has 1 aromatic rings. The Morgan fingerprint density at radius 1 is 1.53 bits per heavy atom. The smallest absolute Gasteiger partial charge is 0.289 e. The van der Waals surface area contributed by atoms with Gasteiger partial charge in [-0.25, -0.2) is 0 Å². The second-order valence-corrected chi connectivity index (χ2v) is 3.73. The van der Waals surface area contributed by atoms with E-state index in [1.807, 2.05) is 13.8 Å². The lowest BCUT2D eigenvalue weighted by molar-refractivity contribution is 0.0632. The van der Waals surface area contributed by atoms with Crippen molar-refractivity contribution in [2.45, 2.75) is 26.8 Å². The maximum absolute atomic E-state index is 11.9. The minimum atomic E-state index is -0.174. The Morgan fingerprint density at radius 2 is 2.20 bits per heavy atom. The number of aliphatic hydroxyl groups excluding tert-OH is 1. The van der Waals surface area contributed by atoms with Gasteiger partial charge in [-0.05, 0) is 32.9 Å². The van der Waals surface area contributed by atoms with E-state index in [-0.39, 0.29) is 18.6 Å². The van der Waals surface area contributed by atoms with Crippen molar-refractivity contribution in [3.05, 3.63) is 23.7 Å². The maximum atomic E-state index is 11.9. The Labute approximate surface area is 89.5 Å². The summed E-state index contributed by atoms with van der Waals surface area (Å²) in [7, 11) is 0. The molecule has 0 aromatic carbocycles. The molecule has 0 aliphatic rings. The molecule has 0 unspecified atom stereocenters. The molecule has 0 fully saturated rings. The highest BCUT2D eigenvalue weighted by Crippen LogP contribution is 2.11. The van der Waals surface area contributed by atoms with Crippen LogP contribution in [0.4, 0.5) is 0 Å². The molecule has 1 rings (SSSR count). The first-order valence-corrected chi connectivity index (χ1v) is 5.04. The van der Waals surface area contributed by atoms with Crippen molar-refractivity contribution < 1.29 is 14.3 Å². The predicted octanol–water partition coefficient (Wildman–Crippen LogP) is 1.43. The summed E-state index contributed by atoms with van der Waals surface area (Å²) in [5.74, 6) is 0.868. The zero-order valence-corrected chi connectivity index (χ0v) is 9.36. The van der Waals surface area contributed by atoms with E-state index in [0.717, 1.165) is 0 Å². The molecule has 0 saturated carbocycles. The molecule has 1 aromatic heterocycles. The molecule has 4 heteroatoms. The van der Waals surface area contributed by atoms with Crippen LogP contribution in [-0.2, 0) is 0 Å². The monoisotopic (exact) mass is 211 g/mol. The van der Waals surface area contributed by atoms with Gasteiger partial charge in [-0.15, -0.1) is 0 Å². The molecule has 1 heterocycles. The van der Waals surface area contributed by atoms with Crippen LogP contribution in [0.15, 0.2) is 16.5 Å². The van der Waals surface area contributed by atoms with Gasteiger partial charge in [-0.2, -0.15) is 0 Å². The van der Waals surface area contributed by atoms with Crippen LogP contribution in [0, 0.1) is 6.92 Å². The number of furan rings is 1. The number of rotatable bonds is 4. The second-order valence-electron chi connectivity index (χ2n) is 3.73. The molecule has 15 heavy (non-hydrogen) atoms. The molecule has 84 valence electrons. The van der Waals surface area contributed by atoms with Gasteiger partial charge in [0.15, 0.2) is 5.76 Å². The van der Waals surface area contributed by atoms with Crippen molar-refractivity contribution in [3.63, 3.8) is 0 Å². The van der Waals surface area contributed by atoms with Crippen LogP contribution >= 0.6 is 0 Å². The van der Waals surface area contributed by atoms with Crippen LogP contribution < -0.4 is 0 Å². The van der Waals surface area contributed by atoms with Gasteiger partial charge in [-0.3, -0.25) is 4.79 Å². The number of aliphatic hydroxyl groups is 1. The minimum absolute atomic E-state index is 0.0381. The van der Waals surface area contributed by atoms with Gasteiger partial charge in [0.2, 0.25) is 0 Å². The summed E-state index contributed by atoms with van der Waals surface area (Å²) in [5, 5.41) is 8.86. The quantitative estimate of drug-likeness (QED) is 0.819. The van der Waals surface area contributed by atoms with Crippen molar-refractivity contribution in [1.29, 1.82) is 0 Å². The zero-order valence-electron chi connectivity index (χ0n) is 9.36. The zero-order chi connectivity index (χ0) is 11.4. The second kappa shape index (κ2) is 4.98. The van der Waals surface area contributed by atoms with E-state index in [0.29, 0.717) is 18.1 Å². The van der Waals surface area contributed by atoms with Crippen molar-refractivity contribution in [1.82, 2.24) is 4.90 Å². The Bertz CT molecular complexity index is 330. The highest BCUT2D eigenvalue weighted by Gasteiger charge is 2.20. The largest absolute Gasteiger partial charge is 0.456 e. The van der Waals surface area contributed by atoms with Gasteiger partial charge < -0.3 is 14.4 Å². The fraction of sp³-hybridized carbons (Fsp3) is 0.545. The van der Waals surface area contributed by atoms with E-state index in [9.17, 15) is 4.79 Å². The fourth-order valence-corrected chi connectivity index (χ4v) is 1.39. The highest BCUT2D eigenvalue weighted by molar-refractivity contribution is 5.91. The van der Waals surface area contributed by atoms with Crippen molar-refractivity contribution in [2.75, 3.05) is 13.2 Å². The number of carbonyl (C=O) groups is 1. The SMILES string of the molecule is Cc1ccc(C(=O)N(CCO)C(C)C)o1. The molecule has 0 aliphatic heterocycles. The molecule has 0 spiro atoms. The summed E-state index contributed by atoms with van der Waals surface area (Å²) in [5.41, 5.74) is 0. The third kappa shape index (κ3) is 2.83. The van der Waals surface area contributed by atoms with Gasteiger partial charge in [0.1, 0.15) is 5.76 Å². The average molecular weight is 211 g/mol. The number of nitrogens with zero attached hydrogens (tertiary/aromatic N) is 1. The summed E-state index contributed by atoms with van der Waals surface area (Å²) in [4.78, 5) is 13.5. The molecule has 1 N–H and O–H groups in total. The standard InChI is InChI=1S/C11H17NO3/c1-8(2)12(6-7-13)11(14)10-5-4-9(3)15-10/h4-5,8,13H,6-7H2,1-3H3. The van der Waals surface area contributed by atoms with E-state index in [2.05, 4.69) is 0 Å². The minimum Gasteiger partial charge on any atom is -0.456 e. The highest BCUT2D eigenvalue weighted by atomic mass is 16.3. The van der Waals surface area contributed by atoms with E-state index in [1.165, 1.54) is 0 Å². The Kier molecular flexibility index (Phi) is 3.91. The van der Waals surface area contributed by atoms with Crippen molar-refractivity contribution >= 4 is 5.91 Å². The predicted molar refractivity (Wildman–Crippen MR) is 56.7 cm³/mol. The van der Waals surface area contributed by atoms with Crippen LogP contribution in [0.3, 0.4) is 0 Å². The van der Waals surface area contributed by atoms with Crippen LogP contribution in [0.25, 0.3) is 0 Å². The maximum Gasteiger partial charge on any atom is 0.289 e. The van der Waals surface area contributed by atoms with Crippen molar-refractivity contribution in [2.24, 2.45) is 0 Å². The molecule has 0 atom stereocenters. The Morgan fingerprint density at radius 3 is 2.60 bits per heavy atom. The lowest BCUT2D eigenvalue weighted by Crippen LogP contribution is -2.38. The summed E-state index contributed by atoms with van der Waals surface area (Å²) < 4.78 is 5.25. The molecule has 0 bridgehead atoms. The fourth-order valence-electron chi connectivity index (χ4n) is 1.39. The number of hydrogen-bond acceptors (Lipinski definition) is 3. The van der Waals surface area contributed by atoms with Crippen LogP contribution in [0.2, 0.25) is 0 Å². The van der Waals surface area contributed by atoms with Gasteiger partial charge in [0, 0.05) is 12.6 Å². The van der Waals surface area contributed by atoms with Crippen LogP contribution in [0.1, 0.15) is 30.2 Å². The molecule has 0 radical (unpaired) electrons. The van der Waals surface area contributed by atoms with E-state index >= 15 is 0 Å². The summed E-state index contributed by atoms with van der Waals surface area (Å²) in [6, 6.07) is 3.46. The normalized spacial score (nSPS) is 10.7. The first kappa shape index (κ1) is 11.8. The van der Waals surface area contributed by atoms with E-state index in [1.54, 1.807) is 24.0 Å². The number of aryl methyl sites for hydroxylation is 1. The lowest BCUT2D eigenvalue weighted by atomic mass is 10.3. The third-order valence-corrected chi connectivity index (χ3v) is 2.18. The molecule has 1 amide bonds. The first-order chi connectivity index (χ1) is 7.06. The van der Waals surface area contributed by atoms with E-state index < -0.39 is 0 Å². The molecule has 4 nitrogen and oxygen atoms in total. The van der Waals surface area contributed by atoms with Crippen LogP contribution in [-0.4, -0.2) is 35.1 Å². The number of carbonyl (C=O) groups excluding carboxylic acids is 1. The van der Waals surface area contributed by atoms with Gasteiger partial charge in [0.25, 0.3) is 5.91 Å². The molecular weight excluding hydrogens is 194 g/mol. The Balaban J connectivity index is 2.80. The number of hydrogen-bond donors (Lipinski definition) is 1. The third-order valence-electron chi connectivity index (χ3n) is 2.18. The van der Waals surface area contributed by atoms with Gasteiger partial charge in [0.05, 0.1) is 6.61 Å². The lowest BCUT2D eigenvalue weighted by Gasteiger charge is -2.24. The summed E-state index contributed by atoms with van der Waals surface area (Å²) >= 11 is 0. The van der Waals surface area contributed by atoms with Crippen molar-refractivity contribution in [3.8, 4) is 0 Å². The molecular formula is C11H17NO3. The van der Waals surface area contributed by atoms with E-state index in [4.69, 9.17) is 9.52 Å². The summed E-state index contributed by atoms with van der Waals surface area (Å²) in [6.07, 6.45) is 0. The average Bonchev–Trinajstić information content (AvgIpc) is 2.59. The molecule has 0 saturated heterocycles.